The smallest absolute Gasteiger partial charge is 0.427 e. The fourth-order valence-electron chi connectivity index (χ4n) is 2.04. The number of halogens is 1. The number of hydrazone groups is 1. The van der Waals surface area contributed by atoms with Gasteiger partial charge in [0.2, 0.25) is 0 Å². The van der Waals surface area contributed by atoms with Crippen LogP contribution in [0.3, 0.4) is 0 Å². The molecule has 1 amide bonds. The van der Waals surface area contributed by atoms with E-state index < -0.39 is 6.09 Å². The van der Waals surface area contributed by atoms with Gasteiger partial charge in [-0.1, -0.05) is 23.7 Å². The minimum absolute atomic E-state index is 0.278. The van der Waals surface area contributed by atoms with Crippen LogP contribution in [0.25, 0.3) is 0 Å². The molecule has 0 bridgehead atoms. The van der Waals surface area contributed by atoms with Crippen LogP contribution in [0.1, 0.15) is 25.0 Å². The number of hydrogen-bond donors (Lipinski definition) is 1. The van der Waals surface area contributed by atoms with Gasteiger partial charge in [0.25, 0.3) is 0 Å². The SMILES string of the molecule is CCOC(=O)N/N=C(\c1ccc(Cl)cc1)c1ccc(OCC)cc1. The second kappa shape index (κ2) is 8.93. The van der Waals surface area contributed by atoms with Crippen LogP contribution in [0.4, 0.5) is 4.79 Å². The molecule has 0 fully saturated rings. The van der Waals surface area contributed by atoms with Gasteiger partial charge in [-0.05, 0) is 50.2 Å². The highest BCUT2D eigenvalue weighted by molar-refractivity contribution is 6.30. The maximum atomic E-state index is 11.5. The molecule has 2 aromatic rings. The predicted molar refractivity (Wildman–Crippen MR) is 94.9 cm³/mol. The van der Waals surface area contributed by atoms with Crippen molar-refractivity contribution in [2.24, 2.45) is 5.10 Å². The van der Waals surface area contributed by atoms with Crippen LogP contribution >= 0.6 is 11.6 Å². The Hall–Kier alpha value is -2.53. The molecule has 0 aliphatic carbocycles. The van der Waals surface area contributed by atoms with Crippen LogP contribution in [0, 0.1) is 0 Å². The Kier molecular flexibility index (Phi) is 6.63. The van der Waals surface area contributed by atoms with Gasteiger partial charge in [-0.2, -0.15) is 5.10 Å². The summed E-state index contributed by atoms with van der Waals surface area (Å²) in [6, 6.07) is 14.7. The lowest BCUT2D eigenvalue weighted by molar-refractivity contribution is 0.152. The maximum Gasteiger partial charge on any atom is 0.427 e. The van der Waals surface area contributed by atoms with Crippen molar-refractivity contribution in [3.05, 3.63) is 64.7 Å². The molecule has 1 N–H and O–H groups in total. The van der Waals surface area contributed by atoms with E-state index in [0.717, 1.165) is 16.9 Å². The first kappa shape index (κ1) is 17.8. The van der Waals surface area contributed by atoms with Crippen LogP contribution in [-0.2, 0) is 4.74 Å². The molecule has 6 heteroatoms. The molecule has 0 saturated carbocycles. The van der Waals surface area contributed by atoms with Gasteiger partial charge < -0.3 is 9.47 Å². The predicted octanol–water partition coefficient (Wildman–Crippen LogP) is 4.24. The number of ether oxygens (including phenoxy) is 2. The zero-order valence-corrected chi connectivity index (χ0v) is 14.3. The highest BCUT2D eigenvalue weighted by Gasteiger charge is 2.09. The van der Waals surface area contributed by atoms with E-state index >= 15 is 0 Å². The van der Waals surface area contributed by atoms with Gasteiger partial charge >= 0.3 is 6.09 Å². The van der Waals surface area contributed by atoms with Crippen LogP contribution in [-0.4, -0.2) is 25.0 Å². The summed E-state index contributed by atoms with van der Waals surface area (Å²) in [5, 5.41) is 4.82. The fraction of sp³-hybridized carbons (Fsp3) is 0.222. The molecular weight excluding hydrogens is 328 g/mol. The number of carbonyl (C=O) groups is 1. The Morgan fingerprint density at radius 2 is 1.58 bits per heavy atom. The summed E-state index contributed by atoms with van der Waals surface area (Å²) in [6.07, 6.45) is -0.602. The van der Waals surface area contributed by atoms with Crippen molar-refractivity contribution in [1.29, 1.82) is 0 Å². The van der Waals surface area contributed by atoms with Gasteiger partial charge in [-0.3, -0.25) is 0 Å². The van der Waals surface area contributed by atoms with E-state index in [4.69, 9.17) is 21.1 Å². The monoisotopic (exact) mass is 346 g/mol. The second-order valence-corrected chi connectivity index (χ2v) is 5.19. The lowest BCUT2D eigenvalue weighted by Crippen LogP contribution is -2.21. The van der Waals surface area contributed by atoms with Crippen molar-refractivity contribution in [1.82, 2.24) is 5.43 Å². The van der Waals surface area contributed by atoms with Crippen molar-refractivity contribution in [2.45, 2.75) is 13.8 Å². The number of benzene rings is 2. The topological polar surface area (TPSA) is 59.9 Å². The summed E-state index contributed by atoms with van der Waals surface area (Å²) < 4.78 is 10.3. The van der Waals surface area contributed by atoms with E-state index in [1.807, 2.05) is 43.3 Å². The van der Waals surface area contributed by atoms with Crippen LogP contribution in [0.2, 0.25) is 5.02 Å². The van der Waals surface area contributed by atoms with E-state index in [0.29, 0.717) is 17.3 Å². The lowest BCUT2D eigenvalue weighted by Gasteiger charge is -2.09. The largest absolute Gasteiger partial charge is 0.494 e. The Labute approximate surface area is 146 Å². The number of carbonyl (C=O) groups excluding carboxylic acids is 1. The van der Waals surface area contributed by atoms with Gasteiger partial charge in [0.15, 0.2) is 0 Å². The van der Waals surface area contributed by atoms with Gasteiger partial charge in [0, 0.05) is 16.1 Å². The molecule has 0 heterocycles. The number of nitrogens with zero attached hydrogens (tertiary/aromatic N) is 1. The first-order valence-corrected chi connectivity index (χ1v) is 8.01. The van der Waals surface area contributed by atoms with Gasteiger partial charge in [0.1, 0.15) is 5.75 Å². The average molecular weight is 347 g/mol. The molecule has 0 aliphatic rings. The standard InChI is InChI=1S/C18H19ClN2O3/c1-3-23-16-11-7-14(8-12-16)17(20-21-18(22)24-4-2)13-5-9-15(19)10-6-13/h5-12H,3-4H2,1-2H3,(H,21,22)/b20-17+. The third-order valence-electron chi connectivity index (χ3n) is 3.09. The molecule has 2 aromatic carbocycles. The first-order valence-electron chi connectivity index (χ1n) is 7.63. The molecule has 2 rings (SSSR count). The number of nitrogens with one attached hydrogen (secondary N) is 1. The molecule has 0 spiro atoms. The molecule has 0 aromatic heterocycles. The zero-order chi connectivity index (χ0) is 17.4. The Bertz CT molecular complexity index is 697. The summed E-state index contributed by atoms with van der Waals surface area (Å²) in [5.41, 5.74) is 4.65. The molecule has 0 unspecified atom stereocenters. The Morgan fingerprint density at radius 3 is 2.12 bits per heavy atom. The minimum Gasteiger partial charge on any atom is -0.494 e. The highest BCUT2D eigenvalue weighted by Crippen LogP contribution is 2.18. The zero-order valence-electron chi connectivity index (χ0n) is 13.6. The lowest BCUT2D eigenvalue weighted by atomic mass is 10.0. The molecule has 5 nitrogen and oxygen atoms in total. The fourth-order valence-corrected chi connectivity index (χ4v) is 2.17. The molecule has 126 valence electrons. The van der Waals surface area contributed by atoms with Crippen molar-refractivity contribution < 1.29 is 14.3 Å². The third-order valence-corrected chi connectivity index (χ3v) is 3.34. The number of hydrogen-bond acceptors (Lipinski definition) is 4. The van der Waals surface area contributed by atoms with Crippen molar-refractivity contribution >= 4 is 23.4 Å². The van der Waals surface area contributed by atoms with Gasteiger partial charge in [-0.25, -0.2) is 10.2 Å². The van der Waals surface area contributed by atoms with Crippen LogP contribution in [0.5, 0.6) is 5.75 Å². The summed E-state index contributed by atoms with van der Waals surface area (Å²) in [7, 11) is 0. The van der Waals surface area contributed by atoms with E-state index in [1.165, 1.54) is 0 Å². The van der Waals surface area contributed by atoms with Crippen LogP contribution in [0.15, 0.2) is 53.6 Å². The maximum absolute atomic E-state index is 11.5. The van der Waals surface area contributed by atoms with Crippen molar-refractivity contribution in [3.63, 3.8) is 0 Å². The number of rotatable bonds is 6. The van der Waals surface area contributed by atoms with E-state index in [1.54, 1.807) is 19.1 Å². The van der Waals surface area contributed by atoms with E-state index in [9.17, 15) is 4.79 Å². The molecule has 0 radical (unpaired) electrons. The molecule has 0 aliphatic heterocycles. The van der Waals surface area contributed by atoms with Crippen molar-refractivity contribution in [3.8, 4) is 5.75 Å². The second-order valence-electron chi connectivity index (χ2n) is 4.76. The van der Waals surface area contributed by atoms with E-state index in [-0.39, 0.29) is 6.61 Å². The van der Waals surface area contributed by atoms with Gasteiger partial charge in [0.05, 0.1) is 18.9 Å². The Morgan fingerprint density at radius 1 is 1.00 bits per heavy atom. The normalized spacial score (nSPS) is 11.0. The molecule has 0 saturated heterocycles. The minimum atomic E-state index is -0.602. The average Bonchev–Trinajstić information content (AvgIpc) is 2.58. The summed E-state index contributed by atoms with van der Waals surface area (Å²) in [4.78, 5) is 11.5. The molecule has 0 atom stereocenters. The van der Waals surface area contributed by atoms with E-state index in [2.05, 4.69) is 10.5 Å². The summed E-state index contributed by atoms with van der Waals surface area (Å²) >= 11 is 5.94. The third kappa shape index (κ3) is 4.99. The molecule has 24 heavy (non-hydrogen) atoms. The Balaban J connectivity index is 2.32. The van der Waals surface area contributed by atoms with Crippen molar-refractivity contribution in [2.75, 3.05) is 13.2 Å². The number of amides is 1. The highest BCUT2D eigenvalue weighted by atomic mass is 35.5. The first-order chi connectivity index (χ1) is 11.6. The quantitative estimate of drug-likeness (QED) is 0.628. The molecular formula is C18H19ClN2O3. The summed E-state index contributed by atoms with van der Waals surface area (Å²) in [5.74, 6) is 0.773. The summed E-state index contributed by atoms with van der Waals surface area (Å²) in [6.45, 7) is 4.54. The van der Waals surface area contributed by atoms with Gasteiger partial charge in [-0.15, -0.1) is 0 Å². The van der Waals surface area contributed by atoms with Crippen LogP contribution < -0.4 is 10.2 Å².